The normalized spacial score (nSPS) is 11.5. The van der Waals surface area contributed by atoms with Crippen LogP contribution in [0, 0.1) is 3.57 Å². The van der Waals surface area contributed by atoms with Gasteiger partial charge in [-0.3, -0.25) is 0 Å². The number of hydrogen-bond acceptors (Lipinski definition) is 0. The van der Waals surface area contributed by atoms with Gasteiger partial charge in [0.25, 0.3) is 0 Å². The second-order valence-corrected chi connectivity index (χ2v) is 8.81. The number of aromatic nitrogens is 1. The van der Waals surface area contributed by atoms with Crippen LogP contribution < -0.4 is 0 Å². The molecule has 1 heterocycles. The molecule has 5 aromatic carbocycles. The number of H-pyrrole nitrogens is 1. The molecule has 0 aliphatic heterocycles. The van der Waals surface area contributed by atoms with E-state index in [0.29, 0.717) is 0 Å². The summed E-state index contributed by atoms with van der Waals surface area (Å²) in [5.41, 5.74) is 7.39. The molecule has 0 bridgehead atoms. The average molecular weight is 495 g/mol. The molecule has 0 atom stereocenters. The van der Waals surface area contributed by atoms with Crippen LogP contribution in [0.25, 0.3) is 54.8 Å². The fourth-order valence-corrected chi connectivity index (χ4v) is 5.22. The predicted molar refractivity (Wildman–Crippen MR) is 137 cm³/mol. The Bertz CT molecular complexity index is 1540. The number of benzene rings is 5. The van der Waals surface area contributed by atoms with Crippen LogP contribution in [-0.4, -0.2) is 4.98 Å². The third-order valence-electron chi connectivity index (χ3n) is 5.89. The van der Waals surface area contributed by atoms with Gasteiger partial charge in [-0.2, -0.15) is 0 Å². The zero-order valence-electron chi connectivity index (χ0n) is 16.2. The van der Waals surface area contributed by atoms with Gasteiger partial charge >= 0.3 is 0 Å². The van der Waals surface area contributed by atoms with E-state index in [1.54, 1.807) is 0 Å². The zero-order chi connectivity index (χ0) is 20.1. The molecule has 0 fully saturated rings. The van der Waals surface area contributed by atoms with Crippen molar-refractivity contribution >= 4 is 55.2 Å². The molecule has 142 valence electrons. The number of para-hydroxylation sites is 1. The number of halogens is 1. The van der Waals surface area contributed by atoms with Gasteiger partial charge in [-0.1, -0.05) is 78.9 Å². The predicted octanol–water partition coefficient (Wildman–Crippen LogP) is 8.41. The molecule has 0 saturated heterocycles. The highest BCUT2D eigenvalue weighted by molar-refractivity contribution is 14.1. The van der Waals surface area contributed by atoms with E-state index in [1.807, 2.05) is 0 Å². The Labute approximate surface area is 188 Å². The highest BCUT2D eigenvalue weighted by Gasteiger charge is 2.09. The maximum absolute atomic E-state index is 3.51. The SMILES string of the molecule is Ic1cccc2cccc(-c3ccc(-c4ccc5[nH]c6ccccc6c5c4)cc3)c12. The van der Waals surface area contributed by atoms with Crippen molar-refractivity contribution in [3.8, 4) is 22.3 Å². The maximum Gasteiger partial charge on any atom is 0.0465 e. The van der Waals surface area contributed by atoms with Crippen LogP contribution >= 0.6 is 22.6 Å². The van der Waals surface area contributed by atoms with E-state index in [4.69, 9.17) is 0 Å². The molecule has 0 aliphatic rings. The first-order valence-electron chi connectivity index (χ1n) is 10.1. The van der Waals surface area contributed by atoms with Gasteiger partial charge in [0.1, 0.15) is 0 Å². The highest BCUT2D eigenvalue weighted by atomic mass is 127. The second-order valence-electron chi connectivity index (χ2n) is 7.65. The van der Waals surface area contributed by atoms with E-state index < -0.39 is 0 Å². The van der Waals surface area contributed by atoms with Gasteiger partial charge in [0.15, 0.2) is 0 Å². The van der Waals surface area contributed by atoms with Gasteiger partial charge in [0.2, 0.25) is 0 Å². The second kappa shape index (κ2) is 6.99. The van der Waals surface area contributed by atoms with Crippen molar-refractivity contribution in [2.24, 2.45) is 0 Å². The van der Waals surface area contributed by atoms with Crippen molar-refractivity contribution in [1.82, 2.24) is 4.98 Å². The molecule has 1 aromatic heterocycles. The van der Waals surface area contributed by atoms with Crippen molar-refractivity contribution in [2.75, 3.05) is 0 Å². The summed E-state index contributed by atoms with van der Waals surface area (Å²) in [6.45, 7) is 0. The Kier molecular flexibility index (Phi) is 4.13. The summed E-state index contributed by atoms with van der Waals surface area (Å²) in [7, 11) is 0. The van der Waals surface area contributed by atoms with Crippen LogP contribution in [0.1, 0.15) is 0 Å². The van der Waals surface area contributed by atoms with Crippen molar-refractivity contribution in [1.29, 1.82) is 0 Å². The lowest BCUT2D eigenvalue weighted by atomic mass is 9.96. The van der Waals surface area contributed by atoms with Gasteiger partial charge in [-0.15, -0.1) is 0 Å². The lowest BCUT2D eigenvalue weighted by Gasteiger charge is -2.10. The molecule has 1 N–H and O–H groups in total. The Morgan fingerprint density at radius 1 is 0.533 bits per heavy atom. The summed E-state index contributed by atoms with van der Waals surface area (Å²) in [5.74, 6) is 0. The van der Waals surface area contributed by atoms with Gasteiger partial charge in [0, 0.05) is 30.8 Å². The quantitative estimate of drug-likeness (QED) is 0.232. The summed E-state index contributed by atoms with van der Waals surface area (Å²) in [6.07, 6.45) is 0. The minimum absolute atomic E-state index is 1.18. The molecular weight excluding hydrogens is 477 g/mol. The van der Waals surface area contributed by atoms with Crippen LogP contribution in [0.3, 0.4) is 0 Å². The molecule has 2 heteroatoms. The minimum atomic E-state index is 1.18. The van der Waals surface area contributed by atoms with Crippen LogP contribution in [0.4, 0.5) is 0 Å². The van der Waals surface area contributed by atoms with E-state index >= 15 is 0 Å². The maximum atomic E-state index is 3.51. The first-order valence-corrected chi connectivity index (χ1v) is 11.1. The van der Waals surface area contributed by atoms with Crippen LogP contribution in [0.2, 0.25) is 0 Å². The number of aromatic amines is 1. The van der Waals surface area contributed by atoms with Crippen LogP contribution in [0.15, 0.2) is 103 Å². The van der Waals surface area contributed by atoms with Gasteiger partial charge in [0.05, 0.1) is 0 Å². The molecule has 0 radical (unpaired) electrons. The molecule has 0 aliphatic carbocycles. The average Bonchev–Trinajstić information content (AvgIpc) is 3.17. The first-order chi connectivity index (χ1) is 14.8. The molecule has 6 aromatic rings. The Hall–Kier alpha value is -3.11. The lowest BCUT2D eigenvalue weighted by molar-refractivity contribution is 1.54. The fourth-order valence-electron chi connectivity index (χ4n) is 4.41. The van der Waals surface area contributed by atoms with E-state index in [9.17, 15) is 0 Å². The van der Waals surface area contributed by atoms with Crippen LogP contribution in [-0.2, 0) is 0 Å². The van der Waals surface area contributed by atoms with Gasteiger partial charge in [-0.25, -0.2) is 0 Å². The van der Waals surface area contributed by atoms with Crippen molar-refractivity contribution < 1.29 is 0 Å². The monoisotopic (exact) mass is 495 g/mol. The van der Waals surface area contributed by atoms with Gasteiger partial charge < -0.3 is 4.98 Å². The third-order valence-corrected chi connectivity index (χ3v) is 6.79. The molecular formula is C28H18IN. The topological polar surface area (TPSA) is 15.8 Å². The summed E-state index contributed by atoms with van der Waals surface area (Å²) in [5, 5.41) is 5.16. The van der Waals surface area contributed by atoms with E-state index in [-0.39, 0.29) is 0 Å². The van der Waals surface area contributed by atoms with Gasteiger partial charge in [-0.05, 0) is 74.5 Å². The number of rotatable bonds is 2. The molecule has 1 nitrogen and oxygen atoms in total. The molecule has 6 rings (SSSR count). The highest BCUT2D eigenvalue weighted by Crippen LogP contribution is 2.34. The first kappa shape index (κ1) is 17.7. The summed E-state index contributed by atoms with van der Waals surface area (Å²) in [4.78, 5) is 3.51. The standard InChI is InChI=1S/C28H18IN/c29-25-9-4-6-20-5-3-8-22(28(20)25)19-13-11-18(12-14-19)21-15-16-27-24(17-21)23-7-1-2-10-26(23)30-27/h1-17,30H. The Morgan fingerprint density at radius 3 is 2.10 bits per heavy atom. The lowest BCUT2D eigenvalue weighted by Crippen LogP contribution is -1.85. The Balaban J connectivity index is 1.46. The molecule has 0 unspecified atom stereocenters. The smallest absolute Gasteiger partial charge is 0.0465 e. The Morgan fingerprint density at radius 2 is 1.23 bits per heavy atom. The zero-order valence-corrected chi connectivity index (χ0v) is 18.4. The number of hydrogen-bond donors (Lipinski definition) is 1. The van der Waals surface area contributed by atoms with Crippen molar-refractivity contribution in [3.05, 3.63) is 107 Å². The third kappa shape index (κ3) is 2.83. The fraction of sp³-hybridized carbons (Fsp3) is 0. The van der Waals surface area contributed by atoms with Crippen molar-refractivity contribution in [3.63, 3.8) is 0 Å². The van der Waals surface area contributed by atoms with E-state index in [2.05, 4.69) is 131 Å². The summed E-state index contributed by atoms with van der Waals surface area (Å²) < 4.78 is 1.29. The molecule has 0 spiro atoms. The summed E-state index contributed by atoms with van der Waals surface area (Å²) in [6, 6.07) is 37.2. The molecule has 0 amide bonds. The van der Waals surface area contributed by atoms with Crippen LogP contribution in [0.5, 0.6) is 0 Å². The number of nitrogens with one attached hydrogen (secondary N) is 1. The minimum Gasteiger partial charge on any atom is -0.355 e. The summed E-state index contributed by atoms with van der Waals surface area (Å²) >= 11 is 2.44. The number of fused-ring (bicyclic) bond motifs is 4. The molecule has 0 saturated carbocycles. The van der Waals surface area contributed by atoms with Crippen molar-refractivity contribution in [2.45, 2.75) is 0 Å². The molecule has 30 heavy (non-hydrogen) atoms. The van der Waals surface area contributed by atoms with E-state index in [1.165, 1.54) is 58.4 Å². The largest absolute Gasteiger partial charge is 0.355 e. The van der Waals surface area contributed by atoms with E-state index in [0.717, 1.165) is 0 Å².